The van der Waals surface area contributed by atoms with E-state index in [4.69, 9.17) is 0 Å². The third-order valence-electron chi connectivity index (χ3n) is 21.4. The Hall–Kier alpha value is -9.76. The first-order chi connectivity index (χ1) is 43.2. The lowest BCUT2D eigenvalue weighted by molar-refractivity contribution is -0.0399. The fraction of sp³-hybridized carbons (Fsp3) is 0.163. The number of rotatable bonds is 11. The minimum Gasteiger partial charge on any atom is -0.310 e. The smallest absolute Gasteiger partial charge is 0.0542 e. The number of aromatic nitrogens is 1. The summed E-state index contributed by atoms with van der Waals surface area (Å²) in [6.45, 7) is 11.2. The maximum absolute atomic E-state index is 4.37. The van der Waals surface area contributed by atoms with E-state index in [0.717, 1.165) is 51.4 Å². The second kappa shape index (κ2) is 20.4. The van der Waals surface area contributed by atoms with Gasteiger partial charge in [-0.15, -0.1) is 0 Å². The molecule has 88 heavy (non-hydrogen) atoms. The monoisotopic (exact) mass is 1130 g/mol. The molecule has 0 radical (unpaired) electrons. The van der Waals surface area contributed by atoms with Crippen LogP contribution in [-0.2, 0) is 10.8 Å². The minimum atomic E-state index is -0.0996. The Morgan fingerprint density at radius 1 is 0.409 bits per heavy atom. The van der Waals surface area contributed by atoms with Crippen molar-refractivity contribution in [2.75, 3.05) is 4.90 Å². The topological polar surface area (TPSA) is 8.17 Å². The Bertz CT molecular complexity index is 4680. The first kappa shape index (κ1) is 52.6. The minimum absolute atomic E-state index is 0.0835. The van der Waals surface area contributed by atoms with Crippen LogP contribution in [0.1, 0.15) is 86.4 Å². The predicted octanol–water partition coefficient (Wildman–Crippen LogP) is 23.1. The van der Waals surface area contributed by atoms with Crippen LogP contribution in [0.5, 0.6) is 0 Å². The summed E-state index contributed by atoms with van der Waals surface area (Å²) in [6, 6.07) is 96.8. The van der Waals surface area contributed by atoms with Crippen molar-refractivity contribution in [2.45, 2.75) is 63.7 Å². The highest BCUT2D eigenvalue weighted by atomic mass is 15.1. The summed E-state index contributed by atoms with van der Waals surface area (Å²) >= 11 is 0. The van der Waals surface area contributed by atoms with Crippen molar-refractivity contribution in [3.8, 4) is 83.6 Å². The van der Waals surface area contributed by atoms with Crippen LogP contribution in [-0.4, -0.2) is 4.57 Å². The normalized spacial score (nSPS) is 19.7. The van der Waals surface area contributed by atoms with Crippen LogP contribution in [0.4, 0.5) is 17.1 Å². The second-order valence-corrected chi connectivity index (χ2v) is 26.4. The lowest BCUT2D eigenvalue weighted by Crippen LogP contribution is -2.55. The third-order valence-corrected chi connectivity index (χ3v) is 21.4. The fourth-order valence-corrected chi connectivity index (χ4v) is 17.9. The van der Waals surface area contributed by atoms with Gasteiger partial charge < -0.3 is 9.47 Å². The first-order valence-corrected chi connectivity index (χ1v) is 32.0. The SMILES string of the molecule is C=Cc1c(/C=C\C)c2cc(N(c3ccc(-c4ccc5c(c4)C4(c6cc(-c7cc(-c8ccccc8)cc(-c8ccccc8)c7)cc(-c7ccccc7)c6-5)C5CC6CC(C5)CC4C6)cc3)c3ccc4c(c3)-c3ccccc3C4(C)C)ccc2n1-c1ccccc1. The van der Waals surface area contributed by atoms with Gasteiger partial charge in [-0.1, -0.05) is 196 Å². The van der Waals surface area contributed by atoms with Crippen molar-refractivity contribution < 1.29 is 0 Å². The molecule has 6 aliphatic rings. The standard InChI is InChI=1S/C86H70N2/c1-5-21-73-77-54-71(38-41-83(77)88(82(73)6-2)68-28-17-10-18-29-68)87(70-37-40-79-76(53-70)72-30-19-20-31-78(72)85(79,3)4)69-35-32-59(33-36-69)61-34-39-74-80(51-61)86(66-43-55-42-56(45-66)46-67(86)44-55)81-52-65(50-75(84(74)81)60-26-15-9-16-27-60)64-48-62(57-22-11-7-12-23-57)47-63(49-64)58-24-13-8-14-25-58/h5-41,47-56,66-67H,2,42-46H2,1,3-4H3/b21-5-. The molecule has 18 rings (SSSR count). The maximum atomic E-state index is 4.37. The quantitative estimate of drug-likeness (QED) is 0.125. The Morgan fingerprint density at radius 2 is 0.932 bits per heavy atom. The van der Waals surface area contributed by atoms with Gasteiger partial charge in [0.15, 0.2) is 0 Å². The molecule has 0 atom stereocenters. The summed E-state index contributed by atoms with van der Waals surface area (Å²) in [5, 5.41) is 1.18. The Morgan fingerprint density at radius 3 is 1.58 bits per heavy atom. The molecule has 2 heteroatoms. The molecule has 11 aromatic carbocycles. The van der Waals surface area contributed by atoms with Crippen molar-refractivity contribution in [1.82, 2.24) is 4.57 Å². The lowest BCUT2D eigenvalue weighted by Gasteiger charge is -2.61. The second-order valence-electron chi connectivity index (χ2n) is 26.4. The van der Waals surface area contributed by atoms with Crippen LogP contribution in [0.25, 0.3) is 107 Å². The van der Waals surface area contributed by atoms with E-state index in [0.29, 0.717) is 11.8 Å². The number of hydrogen-bond acceptors (Lipinski definition) is 1. The van der Waals surface area contributed by atoms with E-state index in [1.165, 1.54) is 127 Å². The highest BCUT2D eigenvalue weighted by Gasteiger charge is 2.62. The van der Waals surface area contributed by atoms with Gasteiger partial charge in [-0.3, -0.25) is 0 Å². The van der Waals surface area contributed by atoms with Gasteiger partial charge in [0.2, 0.25) is 0 Å². The number of anilines is 3. The molecule has 0 saturated heterocycles. The number of allylic oxidation sites excluding steroid dienone is 1. The number of fused-ring (bicyclic) bond motifs is 7. The number of benzene rings is 11. The van der Waals surface area contributed by atoms with Crippen molar-refractivity contribution in [2.24, 2.45) is 23.7 Å². The van der Waals surface area contributed by atoms with Crippen molar-refractivity contribution in [3.63, 3.8) is 0 Å². The van der Waals surface area contributed by atoms with E-state index in [1.807, 2.05) is 6.08 Å². The molecule has 2 nitrogen and oxygen atoms in total. The molecule has 4 fully saturated rings. The average molecular weight is 1130 g/mol. The van der Waals surface area contributed by atoms with Gasteiger partial charge in [-0.25, -0.2) is 0 Å². The molecular formula is C86H70N2. The van der Waals surface area contributed by atoms with Crippen LogP contribution >= 0.6 is 0 Å². The average Bonchev–Trinajstić information content (AvgIpc) is 1.48. The zero-order valence-electron chi connectivity index (χ0n) is 50.4. The third kappa shape index (κ3) is 8.07. The highest BCUT2D eigenvalue weighted by molar-refractivity contribution is 6.00. The van der Waals surface area contributed by atoms with Crippen LogP contribution < -0.4 is 4.90 Å². The summed E-state index contributed by atoms with van der Waals surface area (Å²) in [7, 11) is 0. The van der Waals surface area contributed by atoms with E-state index in [1.54, 1.807) is 11.1 Å². The van der Waals surface area contributed by atoms with E-state index in [-0.39, 0.29) is 10.8 Å². The van der Waals surface area contributed by atoms with Crippen LogP contribution in [0, 0.1) is 23.7 Å². The molecule has 6 aliphatic carbocycles. The van der Waals surface area contributed by atoms with E-state index in [9.17, 15) is 0 Å². The Kier molecular flexibility index (Phi) is 12.2. The number of para-hydroxylation sites is 1. The van der Waals surface area contributed by atoms with Crippen molar-refractivity contribution in [1.29, 1.82) is 0 Å². The first-order valence-electron chi connectivity index (χ1n) is 32.0. The summed E-state index contributed by atoms with van der Waals surface area (Å²) in [5.74, 6) is 2.82. The van der Waals surface area contributed by atoms with Gasteiger partial charge in [-0.05, 0) is 260 Å². The van der Waals surface area contributed by atoms with E-state index in [2.05, 4.69) is 304 Å². The lowest BCUT2D eigenvalue weighted by atomic mass is 9.43. The molecular weight excluding hydrogens is 1060 g/mol. The van der Waals surface area contributed by atoms with Gasteiger partial charge in [0.25, 0.3) is 0 Å². The van der Waals surface area contributed by atoms with Crippen LogP contribution in [0.3, 0.4) is 0 Å². The Labute approximate surface area is 518 Å². The molecule has 424 valence electrons. The fourth-order valence-electron chi connectivity index (χ4n) is 17.9. The van der Waals surface area contributed by atoms with Gasteiger partial charge >= 0.3 is 0 Å². The zero-order chi connectivity index (χ0) is 58.8. The molecule has 0 unspecified atom stereocenters. The zero-order valence-corrected chi connectivity index (χ0v) is 50.4. The maximum Gasteiger partial charge on any atom is 0.0542 e. The molecule has 4 bridgehead atoms. The Balaban J connectivity index is 0.829. The largest absolute Gasteiger partial charge is 0.310 e. The summed E-state index contributed by atoms with van der Waals surface area (Å²) in [6.07, 6.45) is 13.1. The predicted molar refractivity (Wildman–Crippen MR) is 371 cm³/mol. The molecule has 0 N–H and O–H groups in total. The van der Waals surface area contributed by atoms with Gasteiger partial charge in [0.05, 0.1) is 11.2 Å². The molecule has 1 aromatic heterocycles. The highest BCUT2D eigenvalue weighted by Crippen LogP contribution is 2.71. The van der Waals surface area contributed by atoms with Crippen LogP contribution in [0.2, 0.25) is 0 Å². The van der Waals surface area contributed by atoms with Gasteiger partial charge in [-0.2, -0.15) is 0 Å². The summed E-state index contributed by atoms with van der Waals surface area (Å²) in [4.78, 5) is 2.48. The number of nitrogens with zero attached hydrogens (tertiary/aromatic N) is 2. The van der Waals surface area contributed by atoms with Crippen molar-refractivity contribution >= 4 is 40.1 Å². The molecule has 1 heterocycles. The molecule has 0 aliphatic heterocycles. The van der Waals surface area contributed by atoms with Gasteiger partial charge in [0.1, 0.15) is 0 Å². The van der Waals surface area contributed by atoms with E-state index >= 15 is 0 Å². The summed E-state index contributed by atoms with van der Waals surface area (Å²) < 4.78 is 2.35. The van der Waals surface area contributed by atoms with Crippen molar-refractivity contribution in [3.05, 3.63) is 301 Å². The molecule has 4 saturated carbocycles. The van der Waals surface area contributed by atoms with Crippen LogP contribution in [0.15, 0.2) is 267 Å². The molecule has 1 spiro atoms. The van der Waals surface area contributed by atoms with E-state index < -0.39 is 0 Å². The number of hydrogen-bond donors (Lipinski definition) is 0. The molecule has 12 aromatic rings. The van der Waals surface area contributed by atoms with Gasteiger partial charge in [0, 0.05) is 44.5 Å². The summed E-state index contributed by atoms with van der Waals surface area (Å²) in [5.41, 5.74) is 31.7. The molecule has 0 amide bonds.